The third-order valence-corrected chi connectivity index (χ3v) is 3.61. The highest BCUT2D eigenvalue weighted by Crippen LogP contribution is 2.25. The quantitative estimate of drug-likeness (QED) is 0.797. The molecule has 0 unspecified atom stereocenters. The molecule has 1 fully saturated rings. The fourth-order valence-electron chi connectivity index (χ4n) is 1.48. The van der Waals surface area contributed by atoms with E-state index in [1.54, 1.807) is 0 Å². The van der Waals surface area contributed by atoms with Crippen molar-refractivity contribution >= 4 is 11.8 Å². The van der Waals surface area contributed by atoms with Gasteiger partial charge in [-0.1, -0.05) is 0 Å². The average Bonchev–Trinajstić information content (AvgIpc) is 2.15. The van der Waals surface area contributed by atoms with Gasteiger partial charge in [-0.2, -0.15) is 0 Å². The largest absolute Gasteiger partial charge is 0.316 e. The molecule has 0 radical (unpaired) electrons. The number of thioether (sulfide) groups is 1. The Morgan fingerprint density at radius 3 is 2.80 bits per heavy atom. The zero-order valence-electron chi connectivity index (χ0n) is 8.30. The summed E-state index contributed by atoms with van der Waals surface area (Å²) in [5.74, 6) is 0.874. The molecule has 0 atom stereocenters. The predicted octanol–water partition coefficient (Wildman–Crippen LogP) is 2.67. The van der Waals surface area contributed by atoms with Crippen molar-refractivity contribution in [1.29, 1.82) is 0 Å². The smallest absolute Gasteiger partial charge is 0.136 e. The van der Waals surface area contributed by atoms with Gasteiger partial charge in [0.1, 0.15) is 11.6 Å². The van der Waals surface area contributed by atoms with Gasteiger partial charge in [0, 0.05) is 4.90 Å². The summed E-state index contributed by atoms with van der Waals surface area (Å²) in [5.41, 5.74) is 0. The number of nitrogens with one attached hydrogen (secondary N) is 1. The maximum Gasteiger partial charge on any atom is 0.136 e. The third-order valence-electron chi connectivity index (χ3n) is 2.54. The maximum atomic E-state index is 13.2. The van der Waals surface area contributed by atoms with Gasteiger partial charge in [-0.3, -0.25) is 0 Å². The summed E-state index contributed by atoms with van der Waals surface area (Å²) >= 11 is 1.40. The molecule has 1 aliphatic rings. The number of rotatable bonds is 4. The molecule has 1 nitrogen and oxygen atoms in total. The third kappa shape index (κ3) is 2.92. The van der Waals surface area contributed by atoms with E-state index < -0.39 is 0 Å². The maximum absolute atomic E-state index is 13.2. The van der Waals surface area contributed by atoms with E-state index in [4.69, 9.17) is 0 Å². The summed E-state index contributed by atoms with van der Waals surface area (Å²) in [6, 6.07) is 3.59. The minimum absolute atomic E-state index is 0.326. The van der Waals surface area contributed by atoms with Gasteiger partial charge in [0.25, 0.3) is 0 Å². The minimum atomic E-state index is -0.371. The van der Waals surface area contributed by atoms with E-state index in [1.165, 1.54) is 23.9 Å². The lowest BCUT2D eigenvalue weighted by Gasteiger charge is -2.26. The van der Waals surface area contributed by atoms with E-state index in [9.17, 15) is 8.78 Å². The van der Waals surface area contributed by atoms with Gasteiger partial charge >= 0.3 is 0 Å². The highest BCUT2D eigenvalue weighted by molar-refractivity contribution is 7.99. The van der Waals surface area contributed by atoms with E-state index in [1.807, 2.05) is 0 Å². The van der Waals surface area contributed by atoms with Crippen LogP contribution >= 0.6 is 11.8 Å². The van der Waals surface area contributed by atoms with Crippen LogP contribution in [-0.4, -0.2) is 18.8 Å². The first-order valence-electron chi connectivity index (χ1n) is 5.04. The lowest BCUT2D eigenvalue weighted by Crippen LogP contribution is -2.42. The molecule has 0 spiro atoms. The average molecular weight is 229 g/mol. The van der Waals surface area contributed by atoms with Crippen molar-refractivity contribution in [2.45, 2.75) is 11.3 Å². The Hall–Kier alpha value is -0.610. The molecule has 15 heavy (non-hydrogen) atoms. The molecule has 0 aromatic heterocycles. The molecule has 0 aliphatic carbocycles. The summed E-state index contributed by atoms with van der Waals surface area (Å²) in [6.45, 7) is 2.12. The Balaban J connectivity index is 1.83. The van der Waals surface area contributed by atoms with Crippen molar-refractivity contribution in [3.63, 3.8) is 0 Å². The Labute approximate surface area is 92.3 Å². The molecule has 0 amide bonds. The summed E-state index contributed by atoms with van der Waals surface area (Å²) in [5, 5.41) is 3.19. The number of hydrogen-bond donors (Lipinski definition) is 1. The minimum Gasteiger partial charge on any atom is -0.316 e. The van der Waals surface area contributed by atoms with Crippen LogP contribution < -0.4 is 5.32 Å². The van der Waals surface area contributed by atoms with Crippen molar-refractivity contribution in [2.24, 2.45) is 5.92 Å². The standard InChI is InChI=1S/C11H13F2NS/c12-9-1-2-10(13)11(5-9)15-4-3-8-6-14-7-8/h1-2,5,8,14H,3-4,6-7H2. The fraction of sp³-hybridized carbons (Fsp3) is 0.455. The molecule has 1 heterocycles. The summed E-state index contributed by atoms with van der Waals surface area (Å²) in [7, 11) is 0. The van der Waals surface area contributed by atoms with Crippen LogP contribution in [0.25, 0.3) is 0 Å². The van der Waals surface area contributed by atoms with Gasteiger partial charge in [-0.15, -0.1) is 11.8 Å². The van der Waals surface area contributed by atoms with E-state index in [0.29, 0.717) is 10.8 Å². The highest BCUT2D eigenvalue weighted by Gasteiger charge is 2.16. The van der Waals surface area contributed by atoms with Crippen LogP contribution in [0.4, 0.5) is 8.78 Å². The number of benzene rings is 1. The molecule has 4 heteroatoms. The molecule has 1 aliphatic heterocycles. The molecule has 0 bridgehead atoms. The van der Waals surface area contributed by atoms with Crippen molar-refractivity contribution in [2.75, 3.05) is 18.8 Å². The molecular weight excluding hydrogens is 216 g/mol. The second-order valence-electron chi connectivity index (χ2n) is 3.74. The first-order chi connectivity index (χ1) is 7.25. The van der Waals surface area contributed by atoms with Gasteiger partial charge in [0.15, 0.2) is 0 Å². The first kappa shape index (κ1) is 10.9. The summed E-state index contributed by atoms with van der Waals surface area (Å²) in [4.78, 5) is 0.419. The highest BCUT2D eigenvalue weighted by atomic mass is 32.2. The van der Waals surface area contributed by atoms with Gasteiger partial charge in [0.05, 0.1) is 0 Å². The van der Waals surface area contributed by atoms with E-state index in [-0.39, 0.29) is 11.6 Å². The second kappa shape index (κ2) is 4.94. The Morgan fingerprint density at radius 1 is 1.33 bits per heavy atom. The van der Waals surface area contributed by atoms with Gasteiger partial charge in [-0.25, -0.2) is 8.78 Å². The zero-order chi connectivity index (χ0) is 10.7. The predicted molar refractivity (Wildman–Crippen MR) is 58.1 cm³/mol. The summed E-state index contributed by atoms with van der Waals surface area (Å²) in [6.07, 6.45) is 1.06. The van der Waals surface area contributed by atoms with Crippen LogP contribution in [0.2, 0.25) is 0 Å². The number of hydrogen-bond acceptors (Lipinski definition) is 2. The molecular formula is C11H13F2NS. The van der Waals surface area contributed by atoms with Gasteiger partial charge < -0.3 is 5.32 Å². The van der Waals surface area contributed by atoms with Crippen LogP contribution in [-0.2, 0) is 0 Å². The van der Waals surface area contributed by atoms with E-state index in [0.717, 1.165) is 31.3 Å². The molecule has 1 saturated heterocycles. The summed E-state index contributed by atoms with van der Waals surface area (Å²) < 4.78 is 26.0. The SMILES string of the molecule is Fc1ccc(F)c(SCCC2CNC2)c1. The Morgan fingerprint density at radius 2 is 2.13 bits per heavy atom. The van der Waals surface area contributed by atoms with Crippen LogP contribution in [0.3, 0.4) is 0 Å². The molecule has 1 aromatic rings. The molecule has 1 N–H and O–H groups in total. The van der Waals surface area contributed by atoms with Crippen molar-refractivity contribution in [3.8, 4) is 0 Å². The van der Waals surface area contributed by atoms with Crippen LogP contribution in [0.1, 0.15) is 6.42 Å². The molecule has 1 aromatic carbocycles. The Bertz CT molecular complexity index is 339. The first-order valence-corrected chi connectivity index (χ1v) is 6.03. The van der Waals surface area contributed by atoms with Crippen molar-refractivity contribution in [3.05, 3.63) is 29.8 Å². The lowest BCUT2D eigenvalue weighted by molar-refractivity contribution is 0.341. The van der Waals surface area contributed by atoms with E-state index in [2.05, 4.69) is 5.32 Å². The Kier molecular flexibility index (Phi) is 3.59. The zero-order valence-corrected chi connectivity index (χ0v) is 9.12. The molecule has 2 rings (SSSR count). The monoisotopic (exact) mass is 229 g/mol. The van der Waals surface area contributed by atoms with Crippen LogP contribution in [0.15, 0.2) is 23.1 Å². The van der Waals surface area contributed by atoms with E-state index >= 15 is 0 Å². The van der Waals surface area contributed by atoms with Crippen molar-refractivity contribution < 1.29 is 8.78 Å². The topological polar surface area (TPSA) is 12.0 Å². The van der Waals surface area contributed by atoms with Crippen LogP contribution in [0, 0.1) is 17.6 Å². The second-order valence-corrected chi connectivity index (χ2v) is 4.87. The fourth-order valence-corrected chi connectivity index (χ4v) is 2.55. The normalized spacial score (nSPS) is 16.4. The number of halogens is 2. The van der Waals surface area contributed by atoms with Gasteiger partial charge in [-0.05, 0) is 49.4 Å². The van der Waals surface area contributed by atoms with Gasteiger partial charge in [0.2, 0.25) is 0 Å². The lowest BCUT2D eigenvalue weighted by atomic mass is 10.0. The van der Waals surface area contributed by atoms with Crippen LogP contribution in [0.5, 0.6) is 0 Å². The van der Waals surface area contributed by atoms with Crippen molar-refractivity contribution in [1.82, 2.24) is 5.32 Å². The molecule has 0 saturated carbocycles. The molecule has 82 valence electrons.